The van der Waals surface area contributed by atoms with Crippen LogP contribution in [0.5, 0.6) is 11.5 Å². The van der Waals surface area contributed by atoms with Crippen molar-refractivity contribution in [1.29, 1.82) is 0 Å². The molecule has 1 saturated carbocycles. The first-order chi connectivity index (χ1) is 12.0. The molecule has 1 aliphatic rings. The van der Waals surface area contributed by atoms with E-state index in [0.717, 1.165) is 18.4 Å². The van der Waals surface area contributed by atoms with E-state index in [1.165, 1.54) is 14.0 Å². The largest absolute Gasteiger partial charge is 0.493 e. The van der Waals surface area contributed by atoms with Crippen LogP contribution in [0.2, 0.25) is 0 Å². The molecule has 0 radical (unpaired) electrons. The Bertz CT molecular complexity index is 751. The maximum atomic E-state index is 12.6. The van der Waals surface area contributed by atoms with Crippen LogP contribution in [0.15, 0.2) is 18.2 Å². The molecular weight excluding hydrogens is 356 g/mol. The number of amides is 2. The molecule has 8 heteroatoms. The number of carbonyl (C=O) groups is 1. The van der Waals surface area contributed by atoms with Crippen LogP contribution in [0.25, 0.3) is 0 Å². The van der Waals surface area contributed by atoms with Crippen molar-refractivity contribution in [3.05, 3.63) is 23.8 Å². The second-order valence-corrected chi connectivity index (χ2v) is 9.31. The molecule has 0 heterocycles. The maximum absolute atomic E-state index is 12.6. The molecular formula is C18H28N2O5S. The monoisotopic (exact) mass is 384 g/mol. The topological polar surface area (TPSA) is 84.9 Å². The zero-order chi connectivity index (χ0) is 19.5. The molecule has 7 nitrogen and oxygen atoms in total. The molecule has 0 bridgehead atoms. The van der Waals surface area contributed by atoms with Crippen molar-refractivity contribution < 1.29 is 22.1 Å². The van der Waals surface area contributed by atoms with Crippen LogP contribution in [-0.4, -0.2) is 43.8 Å². The molecule has 1 fully saturated rings. The SMILES string of the molecule is CCS(=O)(=O)Oc1cc(CN(C(=O)NC(C)(C)C)C2CC2)ccc1OC. The zero-order valence-electron chi connectivity index (χ0n) is 16.0. The Morgan fingerprint density at radius 2 is 1.92 bits per heavy atom. The lowest BCUT2D eigenvalue weighted by Crippen LogP contribution is -2.49. The van der Waals surface area contributed by atoms with E-state index in [1.54, 1.807) is 17.0 Å². The minimum Gasteiger partial charge on any atom is -0.493 e. The standard InChI is InChI=1S/C18H28N2O5S/c1-6-26(22,23)25-16-11-13(7-10-15(16)24-5)12-20(14-8-9-14)17(21)19-18(2,3)4/h7,10-11,14H,6,8-9,12H2,1-5H3,(H,19,21). The zero-order valence-corrected chi connectivity index (χ0v) is 16.9. The summed E-state index contributed by atoms with van der Waals surface area (Å²) >= 11 is 0. The van der Waals surface area contributed by atoms with Crippen LogP contribution in [0, 0.1) is 0 Å². The van der Waals surface area contributed by atoms with E-state index in [0.29, 0.717) is 12.3 Å². The van der Waals surface area contributed by atoms with Crippen molar-refractivity contribution in [1.82, 2.24) is 10.2 Å². The fourth-order valence-corrected chi connectivity index (χ4v) is 2.94. The maximum Gasteiger partial charge on any atom is 0.318 e. The summed E-state index contributed by atoms with van der Waals surface area (Å²) in [5.41, 5.74) is 0.455. The van der Waals surface area contributed by atoms with E-state index in [1.807, 2.05) is 26.8 Å². The van der Waals surface area contributed by atoms with E-state index in [4.69, 9.17) is 8.92 Å². The first-order valence-electron chi connectivity index (χ1n) is 8.72. The van der Waals surface area contributed by atoms with Crippen molar-refractivity contribution in [3.8, 4) is 11.5 Å². The van der Waals surface area contributed by atoms with Gasteiger partial charge in [-0.1, -0.05) is 6.07 Å². The minimum atomic E-state index is -3.67. The predicted molar refractivity (Wildman–Crippen MR) is 99.9 cm³/mol. The van der Waals surface area contributed by atoms with E-state index in [2.05, 4.69) is 5.32 Å². The molecule has 1 aliphatic carbocycles. The van der Waals surface area contributed by atoms with E-state index >= 15 is 0 Å². The summed E-state index contributed by atoms with van der Waals surface area (Å²) in [6, 6.07) is 5.17. The Labute approximate surface area is 155 Å². The number of nitrogens with one attached hydrogen (secondary N) is 1. The quantitative estimate of drug-likeness (QED) is 0.731. The number of methoxy groups -OCH3 is 1. The highest BCUT2D eigenvalue weighted by molar-refractivity contribution is 7.87. The molecule has 2 amide bonds. The molecule has 1 N–H and O–H groups in total. The third-order valence-corrected chi connectivity index (χ3v) is 5.02. The highest BCUT2D eigenvalue weighted by atomic mass is 32.2. The Morgan fingerprint density at radius 3 is 2.42 bits per heavy atom. The van der Waals surface area contributed by atoms with Crippen molar-refractivity contribution in [2.45, 2.75) is 58.7 Å². The number of hydrogen-bond acceptors (Lipinski definition) is 5. The van der Waals surface area contributed by atoms with Gasteiger partial charge < -0.3 is 19.1 Å². The van der Waals surface area contributed by atoms with Gasteiger partial charge in [0.1, 0.15) is 0 Å². The van der Waals surface area contributed by atoms with Gasteiger partial charge in [0, 0.05) is 18.1 Å². The first kappa shape index (κ1) is 20.4. The second-order valence-electron chi connectivity index (χ2n) is 7.45. The number of rotatable bonds is 7. The Morgan fingerprint density at radius 1 is 1.27 bits per heavy atom. The smallest absolute Gasteiger partial charge is 0.318 e. The van der Waals surface area contributed by atoms with E-state index in [-0.39, 0.29) is 29.1 Å². The molecule has 26 heavy (non-hydrogen) atoms. The summed E-state index contributed by atoms with van der Waals surface area (Å²) in [7, 11) is -2.22. The molecule has 0 aromatic heterocycles. The highest BCUT2D eigenvalue weighted by Gasteiger charge is 2.34. The van der Waals surface area contributed by atoms with Crippen molar-refractivity contribution in [2.75, 3.05) is 12.9 Å². The van der Waals surface area contributed by atoms with Crippen LogP contribution < -0.4 is 14.2 Å². The summed E-state index contributed by atoms with van der Waals surface area (Å²) in [6.07, 6.45) is 1.95. The fourth-order valence-electron chi connectivity index (χ4n) is 2.42. The number of nitrogens with zero attached hydrogens (tertiary/aromatic N) is 1. The third-order valence-electron chi connectivity index (χ3n) is 3.88. The highest BCUT2D eigenvalue weighted by Crippen LogP contribution is 2.32. The third kappa shape index (κ3) is 5.79. The van der Waals surface area contributed by atoms with Gasteiger partial charge in [0.15, 0.2) is 11.5 Å². The molecule has 0 aliphatic heterocycles. The van der Waals surface area contributed by atoms with Gasteiger partial charge in [-0.3, -0.25) is 0 Å². The van der Waals surface area contributed by atoms with E-state index < -0.39 is 10.1 Å². The van der Waals surface area contributed by atoms with Crippen LogP contribution in [0.3, 0.4) is 0 Å². The number of ether oxygens (including phenoxy) is 1. The Balaban J connectivity index is 2.22. The van der Waals surface area contributed by atoms with Gasteiger partial charge in [0.25, 0.3) is 0 Å². The lowest BCUT2D eigenvalue weighted by Gasteiger charge is -2.28. The average molecular weight is 384 g/mol. The molecule has 1 aromatic rings. The van der Waals surface area contributed by atoms with E-state index in [9.17, 15) is 13.2 Å². The summed E-state index contributed by atoms with van der Waals surface area (Å²) in [5, 5.41) is 2.98. The summed E-state index contributed by atoms with van der Waals surface area (Å²) in [4.78, 5) is 14.4. The number of carbonyl (C=O) groups excluding carboxylic acids is 1. The molecule has 0 spiro atoms. The molecule has 0 atom stereocenters. The predicted octanol–water partition coefficient (Wildman–Crippen LogP) is 2.90. The molecule has 1 aromatic carbocycles. The van der Waals surface area contributed by atoms with Crippen molar-refractivity contribution in [3.63, 3.8) is 0 Å². The molecule has 0 saturated heterocycles. The van der Waals surface area contributed by atoms with Gasteiger partial charge >= 0.3 is 16.1 Å². The second kappa shape index (κ2) is 7.73. The molecule has 2 rings (SSSR count). The van der Waals surface area contributed by atoms with Crippen LogP contribution in [-0.2, 0) is 16.7 Å². The summed E-state index contributed by atoms with van der Waals surface area (Å²) in [5.74, 6) is 0.337. The number of benzene rings is 1. The molecule has 0 unspecified atom stereocenters. The van der Waals surface area contributed by atoms with Gasteiger partial charge in [-0.05, 0) is 58.2 Å². The summed E-state index contributed by atoms with van der Waals surface area (Å²) < 4.78 is 33.9. The first-order valence-corrected chi connectivity index (χ1v) is 10.3. The number of urea groups is 1. The van der Waals surface area contributed by atoms with Gasteiger partial charge in [-0.25, -0.2) is 4.79 Å². The Hall–Kier alpha value is -1.96. The van der Waals surface area contributed by atoms with Crippen molar-refractivity contribution >= 4 is 16.1 Å². The van der Waals surface area contributed by atoms with Crippen LogP contribution in [0.4, 0.5) is 4.79 Å². The van der Waals surface area contributed by atoms with Gasteiger partial charge in [0.2, 0.25) is 0 Å². The van der Waals surface area contributed by atoms with Gasteiger partial charge in [0.05, 0.1) is 12.9 Å². The number of hydrogen-bond donors (Lipinski definition) is 1. The average Bonchev–Trinajstić information content (AvgIpc) is 3.35. The summed E-state index contributed by atoms with van der Waals surface area (Å²) in [6.45, 7) is 7.69. The lowest BCUT2D eigenvalue weighted by atomic mass is 10.1. The minimum absolute atomic E-state index is 0.125. The fraction of sp³-hybridized carbons (Fsp3) is 0.611. The van der Waals surface area contributed by atoms with Gasteiger partial charge in [-0.15, -0.1) is 0 Å². The van der Waals surface area contributed by atoms with Gasteiger partial charge in [-0.2, -0.15) is 8.42 Å². The lowest BCUT2D eigenvalue weighted by molar-refractivity contribution is 0.182. The van der Waals surface area contributed by atoms with Crippen LogP contribution >= 0.6 is 0 Å². The van der Waals surface area contributed by atoms with Crippen molar-refractivity contribution in [2.24, 2.45) is 0 Å². The Kier molecular flexibility index (Phi) is 6.05. The van der Waals surface area contributed by atoms with Crippen LogP contribution in [0.1, 0.15) is 46.1 Å². The molecule has 146 valence electrons. The normalized spacial score (nSPS) is 14.7.